The number of carbonyl (C=O) groups is 4. The summed E-state index contributed by atoms with van der Waals surface area (Å²) in [5, 5.41) is 35.6. The van der Waals surface area contributed by atoms with Gasteiger partial charge < -0.3 is 48.5 Å². The van der Waals surface area contributed by atoms with Crippen LogP contribution < -0.4 is 33.2 Å². The summed E-state index contributed by atoms with van der Waals surface area (Å²) >= 11 is 3.95. The first-order chi connectivity index (χ1) is 17.0. The quantitative estimate of drug-likeness (QED) is 0.0472. The molecule has 1 aromatic carbocycles. The van der Waals surface area contributed by atoms with Gasteiger partial charge in [0.25, 0.3) is 0 Å². The number of aliphatic carboxylic acids is 1. The van der Waals surface area contributed by atoms with E-state index in [0.717, 1.165) is 0 Å². The molecule has 0 aliphatic rings. The molecule has 36 heavy (non-hydrogen) atoms. The molecule has 0 aliphatic carbocycles. The zero-order valence-electron chi connectivity index (χ0n) is 19.5. The van der Waals surface area contributed by atoms with Gasteiger partial charge in [-0.25, -0.2) is 4.79 Å². The Morgan fingerprint density at radius 2 is 1.50 bits per heavy atom. The summed E-state index contributed by atoms with van der Waals surface area (Å²) < 4.78 is 0. The summed E-state index contributed by atoms with van der Waals surface area (Å²) in [5.74, 6) is -3.88. The first-order valence-electron chi connectivity index (χ1n) is 10.9. The number of nitrogens with two attached hydrogens (primary N) is 3. The number of carboxylic acids is 1. The highest BCUT2D eigenvalue weighted by molar-refractivity contribution is 7.80. The molecule has 0 aromatic heterocycles. The summed E-state index contributed by atoms with van der Waals surface area (Å²) in [6.45, 7) is -0.671. The Balaban J connectivity index is 2.89. The van der Waals surface area contributed by atoms with Crippen LogP contribution in [0.15, 0.2) is 29.3 Å². The molecule has 0 radical (unpaired) electrons. The minimum absolute atomic E-state index is 0.00649. The van der Waals surface area contributed by atoms with E-state index in [1.807, 2.05) is 0 Å². The molecule has 4 atom stereocenters. The largest absolute Gasteiger partial charge is 0.508 e. The van der Waals surface area contributed by atoms with Gasteiger partial charge in [0.1, 0.15) is 23.9 Å². The van der Waals surface area contributed by atoms with Crippen LogP contribution in [0, 0.1) is 0 Å². The van der Waals surface area contributed by atoms with Crippen molar-refractivity contribution >= 4 is 42.3 Å². The van der Waals surface area contributed by atoms with Gasteiger partial charge in [0, 0.05) is 18.7 Å². The lowest BCUT2D eigenvalue weighted by Crippen LogP contribution is -2.58. The molecule has 0 aliphatic heterocycles. The van der Waals surface area contributed by atoms with Crippen molar-refractivity contribution in [1.82, 2.24) is 16.0 Å². The monoisotopic (exact) mass is 527 g/mol. The van der Waals surface area contributed by atoms with E-state index in [1.54, 1.807) is 0 Å². The van der Waals surface area contributed by atoms with Gasteiger partial charge >= 0.3 is 5.97 Å². The van der Waals surface area contributed by atoms with E-state index in [-0.39, 0.29) is 43.3 Å². The van der Waals surface area contributed by atoms with Gasteiger partial charge in [0.15, 0.2) is 5.96 Å². The normalized spacial score (nSPS) is 14.0. The van der Waals surface area contributed by atoms with Crippen LogP contribution in [0.25, 0.3) is 0 Å². The number of aliphatic imine (C=N–C) groups is 1. The van der Waals surface area contributed by atoms with E-state index in [1.165, 1.54) is 24.3 Å². The first kappa shape index (κ1) is 30.5. The van der Waals surface area contributed by atoms with Crippen molar-refractivity contribution in [2.45, 2.75) is 43.4 Å². The van der Waals surface area contributed by atoms with E-state index in [4.69, 9.17) is 17.2 Å². The molecule has 0 spiro atoms. The molecule has 0 fully saturated rings. The lowest BCUT2D eigenvalue weighted by atomic mass is 10.1. The second-order valence-corrected chi connectivity index (χ2v) is 8.18. The highest BCUT2D eigenvalue weighted by Crippen LogP contribution is 2.11. The SMILES string of the molecule is NC(N)=NCCCC(NC(=O)C(N)CS)C(=O)NC(CO)C(=O)NC(Cc1ccc(O)cc1)C(=O)O. The van der Waals surface area contributed by atoms with Crippen LogP contribution >= 0.6 is 12.6 Å². The average Bonchev–Trinajstić information content (AvgIpc) is 2.83. The number of benzene rings is 1. The molecule has 0 saturated heterocycles. The summed E-state index contributed by atoms with van der Waals surface area (Å²) in [6.07, 6.45) is 0.251. The minimum Gasteiger partial charge on any atom is -0.508 e. The molecule has 15 heteroatoms. The van der Waals surface area contributed by atoms with Crippen molar-refractivity contribution in [3.05, 3.63) is 29.8 Å². The average molecular weight is 528 g/mol. The summed E-state index contributed by atoms with van der Waals surface area (Å²) in [7, 11) is 0. The Morgan fingerprint density at radius 3 is 2.03 bits per heavy atom. The van der Waals surface area contributed by atoms with Crippen LogP contribution in [-0.2, 0) is 25.6 Å². The summed E-state index contributed by atoms with van der Waals surface area (Å²) in [5.41, 5.74) is 16.7. The van der Waals surface area contributed by atoms with E-state index in [9.17, 15) is 34.5 Å². The van der Waals surface area contributed by atoms with Gasteiger partial charge in [-0.05, 0) is 30.5 Å². The molecule has 4 unspecified atom stereocenters. The fourth-order valence-electron chi connectivity index (χ4n) is 2.94. The number of phenols is 1. The fourth-order valence-corrected chi connectivity index (χ4v) is 3.11. The molecule has 14 nitrogen and oxygen atoms in total. The predicted octanol–water partition coefficient (Wildman–Crippen LogP) is -3.22. The second kappa shape index (κ2) is 15.4. The molecule has 200 valence electrons. The Kier molecular flexibility index (Phi) is 13.1. The number of thiol groups is 1. The maximum Gasteiger partial charge on any atom is 0.326 e. The molecular formula is C21H33N7O7S. The van der Waals surface area contributed by atoms with Gasteiger partial charge in [-0.3, -0.25) is 19.4 Å². The molecule has 0 bridgehead atoms. The number of hydrogen-bond acceptors (Lipinski definition) is 9. The molecule has 12 N–H and O–H groups in total. The van der Waals surface area contributed by atoms with Crippen LogP contribution in [0.1, 0.15) is 18.4 Å². The lowest BCUT2D eigenvalue weighted by molar-refractivity contribution is -0.142. The first-order valence-corrected chi connectivity index (χ1v) is 11.6. The van der Waals surface area contributed by atoms with Gasteiger partial charge in [-0.15, -0.1) is 0 Å². The van der Waals surface area contributed by atoms with Crippen LogP contribution in [0.5, 0.6) is 5.75 Å². The van der Waals surface area contributed by atoms with Crippen LogP contribution in [0.2, 0.25) is 0 Å². The number of hydrogen-bond donors (Lipinski definition) is 10. The Hall–Kier alpha value is -3.56. The molecular weight excluding hydrogens is 494 g/mol. The number of aromatic hydroxyl groups is 1. The lowest BCUT2D eigenvalue weighted by Gasteiger charge is -2.24. The zero-order chi connectivity index (χ0) is 27.3. The van der Waals surface area contributed by atoms with Crippen LogP contribution in [0.4, 0.5) is 0 Å². The number of guanidine groups is 1. The topological polar surface area (TPSA) is 255 Å². The van der Waals surface area contributed by atoms with E-state index < -0.39 is 54.5 Å². The predicted molar refractivity (Wildman–Crippen MR) is 134 cm³/mol. The van der Waals surface area contributed by atoms with E-state index >= 15 is 0 Å². The molecule has 1 aromatic rings. The molecule has 1 rings (SSSR count). The number of amides is 3. The number of carbonyl (C=O) groups excluding carboxylic acids is 3. The van der Waals surface area contributed by atoms with Crippen LogP contribution in [-0.4, -0.2) is 88.0 Å². The third kappa shape index (κ3) is 10.8. The zero-order valence-corrected chi connectivity index (χ0v) is 20.4. The number of phenolic OH excluding ortho intramolecular Hbond substituents is 1. The maximum absolute atomic E-state index is 12.8. The molecule has 0 heterocycles. The van der Waals surface area contributed by atoms with Crippen molar-refractivity contribution in [2.24, 2.45) is 22.2 Å². The third-order valence-corrected chi connectivity index (χ3v) is 5.31. The van der Waals surface area contributed by atoms with Gasteiger partial charge in [-0.2, -0.15) is 12.6 Å². The minimum atomic E-state index is -1.50. The number of carboxylic acid groups (broad SMARTS) is 1. The summed E-state index contributed by atoms with van der Waals surface area (Å²) in [4.78, 5) is 53.1. The van der Waals surface area contributed by atoms with Crippen molar-refractivity contribution in [3.8, 4) is 5.75 Å². The molecule has 3 amide bonds. The van der Waals surface area contributed by atoms with Gasteiger partial charge in [0.2, 0.25) is 17.7 Å². The van der Waals surface area contributed by atoms with E-state index in [2.05, 4.69) is 33.6 Å². The van der Waals surface area contributed by atoms with Crippen LogP contribution in [0.3, 0.4) is 0 Å². The Morgan fingerprint density at radius 1 is 0.944 bits per heavy atom. The van der Waals surface area contributed by atoms with Crippen molar-refractivity contribution in [1.29, 1.82) is 0 Å². The smallest absolute Gasteiger partial charge is 0.326 e. The number of rotatable bonds is 15. The molecule has 0 saturated carbocycles. The Labute approximate surface area is 213 Å². The third-order valence-electron chi connectivity index (χ3n) is 4.92. The second-order valence-electron chi connectivity index (χ2n) is 7.81. The van der Waals surface area contributed by atoms with Crippen molar-refractivity contribution in [3.63, 3.8) is 0 Å². The van der Waals surface area contributed by atoms with Gasteiger partial charge in [0.05, 0.1) is 12.6 Å². The maximum atomic E-state index is 12.8. The highest BCUT2D eigenvalue weighted by Gasteiger charge is 2.30. The Bertz CT molecular complexity index is 926. The summed E-state index contributed by atoms with van der Waals surface area (Å²) in [6, 6.07) is 0.705. The highest BCUT2D eigenvalue weighted by atomic mass is 32.1. The number of aliphatic hydroxyl groups is 1. The number of nitrogens with one attached hydrogen (secondary N) is 3. The number of aliphatic hydroxyl groups excluding tert-OH is 1. The number of nitrogens with zero attached hydrogens (tertiary/aromatic N) is 1. The van der Waals surface area contributed by atoms with Crippen molar-refractivity contribution in [2.75, 3.05) is 18.9 Å². The standard InChI is InChI=1S/C21H33N7O7S/c22-13(10-36)17(31)26-14(2-1-7-25-21(23)24)18(32)28-16(9-29)19(33)27-15(20(34)35)8-11-3-5-12(30)6-4-11/h3-6,13-16,29-30,36H,1-2,7-10,22H2,(H,26,31)(H,27,33)(H,28,32)(H,34,35)(H4,23,24,25). The van der Waals surface area contributed by atoms with E-state index in [0.29, 0.717) is 5.56 Å². The fraction of sp³-hybridized carbons (Fsp3) is 0.476. The van der Waals surface area contributed by atoms with Gasteiger partial charge in [-0.1, -0.05) is 12.1 Å². The van der Waals surface area contributed by atoms with Crippen molar-refractivity contribution < 1.29 is 34.5 Å².